The molecule has 0 fully saturated rings. The summed E-state index contributed by atoms with van der Waals surface area (Å²) in [5.41, 5.74) is 4.39. The summed E-state index contributed by atoms with van der Waals surface area (Å²) < 4.78 is 10.2. The Kier molecular flexibility index (Phi) is 3.54. The van der Waals surface area contributed by atoms with Gasteiger partial charge in [-0.2, -0.15) is 0 Å². The lowest BCUT2D eigenvalue weighted by atomic mass is 9.77. The molecule has 3 aromatic rings. The van der Waals surface area contributed by atoms with Gasteiger partial charge in [0, 0.05) is 36.2 Å². The van der Waals surface area contributed by atoms with E-state index in [4.69, 9.17) is 8.83 Å². The summed E-state index contributed by atoms with van der Waals surface area (Å²) in [4.78, 5) is 26.8. The zero-order chi connectivity index (χ0) is 18.6. The second-order valence-electron chi connectivity index (χ2n) is 7.63. The largest absolute Gasteiger partial charge is 0.519 e. The highest BCUT2D eigenvalue weighted by Crippen LogP contribution is 2.52. The quantitative estimate of drug-likeness (QED) is 0.648. The van der Waals surface area contributed by atoms with Gasteiger partial charge >= 0.3 is 5.82 Å². The topological polar surface area (TPSA) is 63.7 Å². The molecule has 1 atom stereocenters. The Hall–Kier alpha value is -2.82. The van der Waals surface area contributed by atoms with E-state index in [0.717, 1.165) is 25.1 Å². The number of anilines is 1. The third-order valence-corrected chi connectivity index (χ3v) is 6.00. The number of carbonyl (C=O) groups excluding carboxylic acids is 1. The van der Waals surface area contributed by atoms with Crippen molar-refractivity contribution in [2.45, 2.75) is 38.0 Å². The lowest BCUT2D eigenvalue weighted by molar-refractivity contribution is 0.0981. The van der Waals surface area contributed by atoms with E-state index in [1.54, 1.807) is 6.07 Å². The van der Waals surface area contributed by atoms with E-state index in [1.807, 2.05) is 12.1 Å². The first-order valence-corrected chi connectivity index (χ1v) is 9.58. The van der Waals surface area contributed by atoms with E-state index in [-0.39, 0.29) is 11.2 Å². The Morgan fingerprint density at radius 1 is 1.04 bits per heavy atom. The molecule has 27 heavy (non-hydrogen) atoms. The van der Waals surface area contributed by atoms with Crippen molar-refractivity contribution in [3.63, 3.8) is 0 Å². The second-order valence-corrected chi connectivity index (χ2v) is 7.63. The molecule has 1 aliphatic carbocycles. The molecule has 1 unspecified atom stereocenters. The van der Waals surface area contributed by atoms with Crippen LogP contribution in [0.15, 0.2) is 50.0 Å². The molecule has 1 aromatic heterocycles. The Labute approximate surface area is 156 Å². The maximum atomic E-state index is 12.9. The number of benzene rings is 2. The Morgan fingerprint density at radius 2 is 1.81 bits per heavy atom. The first kappa shape index (κ1) is 16.4. The lowest BCUT2D eigenvalue weighted by Gasteiger charge is -2.26. The molecule has 0 amide bonds. The minimum absolute atomic E-state index is 0.0981. The van der Waals surface area contributed by atoms with Gasteiger partial charge in [0.2, 0.25) is 0 Å². The minimum atomic E-state index is -0.733. The Morgan fingerprint density at radius 3 is 2.63 bits per heavy atom. The van der Waals surface area contributed by atoms with Crippen molar-refractivity contribution >= 4 is 22.6 Å². The number of hydrogen-bond acceptors (Lipinski definition) is 5. The summed E-state index contributed by atoms with van der Waals surface area (Å²) >= 11 is 0. The van der Waals surface area contributed by atoms with E-state index in [1.165, 1.54) is 24.1 Å². The van der Waals surface area contributed by atoms with Gasteiger partial charge in [0.05, 0.1) is 0 Å². The fourth-order valence-corrected chi connectivity index (χ4v) is 4.79. The molecule has 2 heterocycles. The predicted octanol–water partition coefficient (Wildman–Crippen LogP) is 4.27. The zero-order valence-corrected chi connectivity index (χ0v) is 15.3. The first-order chi connectivity index (χ1) is 13.1. The maximum absolute atomic E-state index is 12.9. The predicted molar refractivity (Wildman–Crippen MR) is 103 cm³/mol. The molecule has 1 aliphatic heterocycles. The molecule has 0 N–H and O–H groups in total. The van der Waals surface area contributed by atoms with Gasteiger partial charge in [0.15, 0.2) is 16.9 Å². The molecule has 5 rings (SSSR count). The van der Waals surface area contributed by atoms with Crippen LogP contribution in [0.5, 0.6) is 0 Å². The third kappa shape index (κ3) is 2.30. The van der Waals surface area contributed by atoms with E-state index in [0.29, 0.717) is 23.2 Å². The highest BCUT2D eigenvalue weighted by atomic mass is 16.6. The fourth-order valence-electron chi connectivity index (χ4n) is 4.79. The van der Waals surface area contributed by atoms with Crippen LogP contribution in [-0.2, 0) is 5.41 Å². The van der Waals surface area contributed by atoms with Crippen molar-refractivity contribution in [1.29, 1.82) is 0 Å². The highest BCUT2D eigenvalue weighted by molar-refractivity contribution is 6.06. The smallest absolute Gasteiger partial charge is 0.391 e. The number of Topliss-reactive ketones (excluding diaryl/α,β-unsaturated/α-hetero) is 1. The first-order valence-electron chi connectivity index (χ1n) is 9.58. The van der Waals surface area contributed by atoms with Gasteiger partial charge in [-0.3, -0.25) is 4.79 Å². The van der Waals surface area contributed by atoms with E-state index in [9.17, 15) is 9.59 Å². The number of hydrogen-bond donors (Lipinski definition) is 0. The summed E-state index contributed by atoms with van der Waals surface area (Å²) in [6, 6.07) is 11.9. The summed E-state index contributed by atoms with van der Waals surface area (Å²) in [6.07, 6.45) is 3.96. The number of rotatable bonds is 4. The molecule has 5 nitrogen and oxygen atoms in total. The summed E-state index contributed by atoms with van der Waals surface area (Å²) in [5, 5.41) is 0. The summed E-state index contributed by atoms with van der Waals surface area (Å²) in [5.74, 6) is -0.635. The monoisotopic (exact) mass is 363 g/mol. The number of unbranched alkanes of at least 4 members (excludes halogenated alkanes) is 2. The van der Waals surface area contributed by atoms with Crippen molar-refractivity contribution in [2.75, 3.05) is 18.0 Å². The number of fused-ring (bicyclic) bond motifs is 5. The van der Waals surface area contributed by atoms with Gasteiger partial charge in [-0.05, 0) is 35.7 Å². The standard InChI is InChI=1S/C22H21NO4/c1-2-3-6-9-23-13-22(15-7-4-5-8-17(15)23)12-18(24)14-10-19-20(11-16(14)22)27-21(25)26-19/h4-5,7-8,10-11H,2-3,6,9,12-13H2,1H3. The number of nitrogens with zero attached hydrogens (tertiary/aromatic N) is 1. The number of para-hydroxylation sites is 1. The van der Waals surface area contributed by atoms with Crippen LogP contribution < -0.4 is 10.7 Å². The molecule has 0 radical (unpaired) electrons. The molecule has 5 heteroatoms. The summed E-state index contributed by atoms with van der Waals surface area (Å²) in [7, 11) is 0. The van der Waals surface area contributed by atoms with Crippen molar-refractivity contribution in [2.24, 2.45) is 0 Å². The molecule has 1 spiro atoms. The van der Waals surface area contributed by atoms with Crippen LogP contribution in [-0.4, -0.2) is 18.9 Å². The van der Waals surface area contributed by atoms with Crippen LogP contribution >= 0.6 is 0 Å². The lowest BCUT2D eigenvalue weighted by Crippen LogP contribution is -2.33. The molecular formula is C22H21NO4. The van der Waals surface area contributed by atoms with Crippen LogP contribution in [0.4, 0.5) is 5.69 Å². The van der Waals surface area contributed by atoms with Crippen LogP contribution in [0, 0.1) is 0 Å². The molecule has 0 saturated heterocycles. The van der Waals surface area contributed by atoms with Crippen LogP contribution in [0.2, 0.25) is 0 Å². The van der Waals surface area contributed by atoms with Crippen molar-refractivity contribution < 1.29 is 13.6 Å². The molecule has 138 valence electrons. The van der Waals surface area contributed by atoms with Crippen molar-refractivity contribution in [3.05, 3.63) is 63.7 Å². The van der Waals surface area contributed by atoms with Crippen molar-refractivity contribution in [3.8, 4) is 0 Å². The van der Waals surface area contributed by atoms with Crippen LogP contribution in [0.25, 0.3) is 11.2 Å². The highest BCUT2D eigenvalue weighted by Gasteiger charge is 2.51. The van der Waals surface area contributed by atoms with E-state index < -0.39 is 5.82 Å². The SMILES string of the molecule is CCCCCN1CC2(CC(=O)c3cc4oc(=O)oc4cc32)c2ccccc21. The Balaban J connectivity index is 1.66. The molecule has 2 aromatic carbocycles. The zero-order valence-electron chi connectivity index (χ0n) is 15.3. The third-order valence-electron chi connectivity index (χ3n) is 6.00. The fraction of sp³-hybridized carbons (Fsp3) is 0.364. The number of ketones is 1. The van der Waals surface area contributed by atoms with Gasteiger partial charge < -0.3 is 13.7 Å². The van der Waals surface area contributed by atoms with Gasteiger partial charge in [-0.15, -0.1) is 0 Å². The molecule has 2 aliphatic rings. The van der Waals surface area contributed by atoms with Gasteiger partial charge in [-0.1, -0.05) is 38.0 Å². The van der Waals surface area contributed by atoms with Crippen LogP contribution in [0.1, 0.15) is 54.1 Å². The minimum Gasteiger partial charge on any atom is -0.391 e. The van der Waals surface area contributed by atoms with Crippen LogP contribution in [0.3, 0.4) is 0 Å². The maximum Gasteiger partial charge on any atom is 0.519 e. The second kappa shape index (κ2) is 5.84. The van der Waals surface area contributed by atoms with Gasteiger partial charge in [-0.25, -0.2) is 4.79 Å². The molecule has 0 saturated carbocycles. The molecule has 0 bridgehead atoms. The van der Waals surface area contributed by atoms with Gasteiger partial charge in [0.1, 0.15) is 0 Å². The van der Waals surface area contributed by atoms with E-state index >= 15 is 0 Å². The van der Waals surface area contributed by atoms with Crippen molar-refractivity contribution in [1.82, 2.24) is 0 Å². The normalized spacial score (nSPS) is 20.6. The van der Waals surface area contributed by atoms with E-state index in [2.05, 4.69) is 30.0 Å². The average Bonchev–Trinajstić information content (AvgIpc) is 3.27. The molecular weight excluding hydrogens is 342 g/mol. The van der Waals surface area contributed by atoms with Gasteiger partial charge in [0.25, 0.3) is 0 Å². The Bertz CT molecular complexity index is 1110. The average molecular weight is 363 g/mol. The number of carbonyl (C=O) groups is 1. The summed E-state index contributed by atoms with van der Waals surface area (Å²) in [6.45, 7) is 3.97.